The molecule has 1 aromatic heterocycles. The second kappa shape index (κ2) is 5.70. The standard InChI is InChI=1S/C12H19NO3/c1-4-10(14)5-6-13-12(15)11-7-8(2)9(3)16-11/h7,10,14H,4-6H2,1-3H3,(H,13,15). The van der Waals surface area contributed by atoms with Crippen LogP contribution >= 0.6 is 0 Å². The van der Waals surface area contributed by atoms with Crippen molar-refractivity contribution in [1.82, 2.24) is 5.32 Å². The Kier molecular flexibility index (Phi) is 4.55. The van der Waals surface area contributed by atoms with Crippen LogP contribution in [0.1, 0.15) is 41.6 Å². The predicted molar refractivity (Wildman–Crippen MR) is 61.4 cm³/mol. The number of nitrogens with one attached hydrogen (secondary N) is 1. The summed E-state index contributed by atoms with van der Waals surface area (Å²) >= 11 is 0. The molecular formula is C12H19NO3. The van der Waals surface area contributed by atoms with E-state index in [2.05, 4.69) is 5.32 Å². The second-order valence-electron chi connectivity index (χ2n) is 3.96. The number of amides is 1. The molecule has 0 saturated carbocycles. The largest absolute Gasteiger partial charge is 0.456 e. The van der Waals surface area contributed by atoms with Gasteiger partial charge in [-0.25, -0.2) is 0 Å². The molecular weight excluding hydrogens is 206 g/mol. The lowest BCUT2D eigenvalue weighted by atomic mass is 10.2. The first-order valence-corrected chi connectivity index (χ1v) is 5.58. The minimum Gasteiger partial charge on any atom is -0.456 e. The average Bonchev–Trinajstić information content (AvgIpc) is 2.59. The van der Waals surface area contributed by atoms with Crippen molar-refractivity contribution in [2.24, 2.45) is 0 Å². The van der Waals surface area contributed by atoms with Gasteiger partial charge < -0.3 is 14.8 Å². The molecule has 16 heavy (non-hydrogen) atoms. The fraction of sp³-hybridized carbons (Fsp3) is 0.583. The summed E-state index contributed by atoms with van der Waals surface area (Å²) < 4.78 is 5.29. The van der Waals surface area contributed by atoms with E-state index in [1.165, 1.54) is 0 Å². The molecule has 0 radical (unpaired) electrons. The lowest BCUT2D eigenvalue weighted by molar-refractivity contribution is 0.0913. The van der Waals surface area contributed by atoms with Crippen molar-refractivity contribution in [2.45, 2.75) is 39.7 Å². The number of furan rings is 1. The maximum Gasteiger partial charge on any atom is 0.287 e. The number of hydrogen-bond donors (Lipinski definition) is 2. The van der Waals surface area contributed by atoms with Crippen molar-refractivity contribution in [3.8, 4) is 0 Å². The predicted octanol–water partition coefficient (Wildman–Crippen LogP) is 1.79. The summed E-state index contributed by atoms with van der Waals surface area (Å²) in [6.07, 6.45) is 0.927. The number of aliphatic hydroxyl groups excluding tert-OH is 1. The van der Waals surface area contributed by atoms with E-state index in [1.807, 2.05) is 20.8 Å². The van der Waals surface area contributed by atoms with Gasteiger partial charge in [0.15, 0.2) is 5.76 Å². The van der Waals surface area contributed by atoms with Crippen LogP contribution in [-0.2, 0) is 0 Å². The van der Waals surface area contributed by atoms with Gasteiger partial charge in [0.25, 0.3) is 5.91 Å². The van der Waals surface area contributed by atoms with Crippen LogP contribution in [0, 0.1) is 13.8 Å². The quantitative estimate of drug-likeness (QED) is 0.803. The molecule has 4 heteroatoms. The Morgan fingerprint density at radius 1 is 1.56 bits per heavy atom. The maximum absolute atomic E-state index is 11.6. The molecule has 0 aliphatic carbocycles. The van der Waals surface area contributed by atoms with Crippen molar-refractivity contribution >= 4 is 5.91 Å². The minimum absolute atomic E-state index is 0.223. The third kappa shape index (κ3) is 3.38. The van der Waals surface area contributed by atoms with E-state index < -0.39 is 0 Å². The van der Waals surface area contributed by atoms with E-state index in [0.717, 1.165) is 11.3 Å². The first-order chi connectivity index (χ1) is 7.54. The number of carbonyl (C=O) groups excluding carboxylic acids is 1. The van der Waals surface area contributed by atoms with Gasteiger partial charge in [-0.15, -0.1) is 0 Å². The van der Waals surface area contributed by atoms with Crippen molar-refractivity contribution in [2.75, 3.05) is 6.54 Å². The fourth-order valence-electron chi connectivity index (χ4n) is 1.33. The second-order valence-corrected chi connectivity index (χ2v) is 3.96. The van der Waals surface area contributed by atoms with Crippen LogP contribution in [-0.4, -0.2) is 23.7 Å². The Bertz CT molecular complexity index is 338. The molecule has 1 heterocycles. The van der Waals surface area contributed by atoms with Gasteiger partial charge in [-0.1, -0.05) is 6.92 Å². The van der Waals surface area contributed by atoms with E-state index in [4.69, 9.17) is 4.42 Å². The van der Waals surface area contributed by atoms with Crippen molar-refractivity contribution in [1.29, 1.82) is 0 Å². The Morgan fingerprint density at radius 2 is 2.25 bits per heavy atom. The molecule has 1 aromatic rings. The summed E-state index contributed by atoms with van der Waals surface area (Å²) in [7, 11) is 0. The average molecular weight is 225 g/mol. The summed E-state index contributed by atoms with van der Waals surface area (Å²) in [5.41, 5.74) is 0.971. The molecule has 90 valence electrons. The van der Waals surface area contributed by atoms with Crippen molar-refractivity contribution in [3.63, 3.8) is 0 Å². The molecule has 1 amide bonds. The van der Waals surface area contributed by atoms with Crippen LogP contribution < -0.4 is 5.32 Å². The molecule has 0 aliphatic rings. The molecule has 0 spiro atoms. The number of carbonyl (C=O) groups is 1. The van der Waals surface area contributed by atoms with Gasteiger partial charge in [-0.2, -0.15) is 0 Å². The highest BCUT2D eigenvalue weighted by molar-refractivity contribution is 5.91. The van der Waals surface area contributed by atoms with Crippen LogP contribution in [0.15, 0.2) is 10.5 Å². The molecule has 0 aromatic carbocycles. The smallest absolute Gasteiger partial charge is 0.287 e. The number of rotatable bonds is 5. The van der Waals surface area contributed by atoms with Gasteiger partial charge in [-0.05, 0) is 38.3 Å². The summed E-state index contributed by atoms with van der Waals surface area (Å²) in [5, 5.41) is 12.0. The minimum atomic E-state index is -0.347. The highest BCUT2D eigenvalue weighted by atomic mass is 16.3. The number of aryl methyl sites for hydroxylation is 2. The molecule has 0 aliphatic heterocycles. The van der Waals surface area contributed by atoms with Crippen molar-refractivity contribution in [3.05, 3.63) is 23.2 Å². The van der Waals surface area contributed by atoms with Crippen LogP contribution in [0.5, 0.6) is 0 Å². The van der Waals surface area contributed by atoms with Crippen LogP contribution in [0.4, 0.5) is 0 Å². The van der Waals surface area contributed by atoms with Gasteiger partial charge in [0.05, 0.1) is 6.10 Å². The lowest BCUT2D eigenvalue weighted by Crippen LogP contribution is -2.26. The Balaban J connectivity index is 2.41. The first kappa shape index (κ1) is 12.8. The number of hydrogen-bond acceptors (Lipinski definition) is 3. The zero-order chi connectivity index (χ0) is 12.1. The Morgan fingerprint density at radius 3 is 2.75 bits per heavy atom. The number of aliphatic hydroxyl groups is 1. The van der Waals surface area contributed by atoms with E-state index in [-0.39, 0.29) is 12.0 Å². The lowest BCUT2D eigenvalue weighted by Gasteiger charge is -2.07. The van der Waals surface area contributed by atoms with E-state index >= 15 is 0 Å². The van der Waals surface area contributed by atoms with Crippen LogP contribution in [0.3, 0.4) is 0 Å². The molecule has 1 unspecified atom stereocenters. The van der Waals surface area contributed by atoms with Gasteiger partial charge in [0.2, 0.25) is 0 Å². The Labute approximate surface area is 95.7 Å². The molecule has 0 bridgehead atoms. The van der Waals surface area contributed by atoms with E-state index in [9.17, 15) is 9.90 Å². The maximum atomic E-state index is 11.6. The molecule has 2 N–H and O–H groups in total. The van der Waals surface area contributed by atoms with E-state index in [1.54, 1.807) is 6.07 Å². The SMILES string of the molecule is CCC(O)CCNC(=O)c1cc(C)c(C)o1. The third-order valence-electron chi connectivity index (χ3n) is 2.62. The monoisotopic (exact) mass is 225 g/mol. The fourth-order valence-corrected chi connectivity index (χ4v) is 1.33. The summed E-state index contributed by atoms with van der Waals surface area (Å²) in [4.78, 5) is 11.6. The molecule has 1 atom stereocenters. The summed E-state index contributed by atoms with van der Waals surface area (Å²) in [6, 6.07) is 1.72. The normalized spacial score (nSPS) is 12.5. The van der Waals surface area contributed by atoms with Gasteiger partial charge in [0.1, 0.15) is 5.76 Å². The van der Waals surface area contributed by atoms with E-state index in [0.29, 0.717) is 25.1 Å². The van der Waals surface area contributed by atoms with Crippen LogP contribution in [0.2, 0.25) is 0 Å². The van der Waals surface area contributed by atoms with Crippen molar-refractivity contribution < 1.29 is 14.3 Å². The third-order valence-corrected chi connectivity index (χ3v) is 2.62. The summed E-state index contributed by atoms with van der Waals surface area (Å²) in [5.74, 6) is 0.874. The zero-order valence-corrected chi connectivity index (χ0v) is 10.0. The molecule has 0 fully saturated rings. The van der Waals surface area contributed by atoms with Gasteiger partial charge >= 0.3 is 0 Å². The molecule has 0 saturated heterocycles. The molecule has 1 rings (SSSR count). The summed E-state index contributed by atoms with van der Waals surface area (Å²) in [6.45, 7) is 6.10. The Hall–Kier alpha value is -1.29. The van der Waals surface area contributed by atoms with Gasteiger partial charge in [-0.3, -0.25) is 4.79 Å². The first-order valence-electron chi connectivity index (χ1n) is 5.58. The van der Waals surface area contributed by atoms with Gasteiger partial charge in [0, 0.05) is 6.54 Å². The highest BCUT2D eigenvalue weighted by Gasteiger charge is 2.12. The topological polar surface area (TPSA) is 62.5 Å². The van der Waals surface area contributed by atoms with Crippen LogP contribution in [0.25, 0.3) is 0 Å². The zero-order valence-electron chi connectivity index (χ0n) is 10.0. The molecule has 4 nitrogen and oxygen atoms in total. The highest BCUT2D eigenvalue weighted by Crippen LogP contribution is 2.12.